The number of Topliss-reactive ketones (excluding diaryl/α,β-unsaturated/α-hetero) is 1. The van der Waals surface area contributed by atoms with Crippen LogP contribution in [-0.4, -0.2) is 20.3 Å². The molecule has 0 saturated heterocycles. The number of aromatic nitrogens is 3. The fourth-order valence-electron chi connectivity index (χ4n) is 2.65. The molecule has 0 bridgehead atoms. The summed E-state index contributed by atoms with van der Waals surface area (Å²) in [4.78, 5) is 21.2. The molecule has 22 heavy (non-hydrogen) atoms. The van der Waals surface area contributed by atoms with Gasteiger partial charge in [0.25, 0.3) is 0 Å². The van der Waals surface area contributed by atoms with E-state index in [9.17, 15) is 4.79 Å². The summed E-state index contributed by atoms with van der Waals surface area (Å²) in [5.74, 6) is 0.694. The molecule has 3 aromatic rings. The normalized spacial score (nSPS) is 11.0. The molecule has 2 heterocycles. The SMILES string of the molecule is CCCCCC(=O)c1cc2ccccc2n1-c1ncccn1. The first kappa shape index (κ1) is 14.4. The van der Waals surface area contributed by atoms with E-state index in [1.165, 1.54) is 0 Å². The maximum Gasteiger partial charge on any atom is 0.234 e. The molecular weight excluding hydrogens is 274 g/mol. The Morgan fingerprint density at radius 1 is 1.09 bits per heavy atom. The highest BCUT2D eigenvalue weighted by Gasteiger charge is 2.17. The van der Waals surface area contributed by atoms with E-state index >= 15 is 0 Å². The van der Waals surface area contributed by atoms with E-state index in [4.69, 9.17) is 0 Å². The third-order valence-corrected chi connectivity index (χ3v) is 3.76. The van der Waals surface area contributed by atoms with E-state index < -0.39 is 0 Å². The van der Waals surface area contributed by atoms with Gasteiger partial charge in [0.2, 0.25) is 5.95 Å². The molecule has 1 aromatic carbocycles. The number of hydrogen-bond acceptors (Lipinski definition) is 3. The Kier molecular flexibility index (Phi) is 4.28. The van der Waals surface area contributed by atoms with Crippen molar-refractivity contribution in [3.63, 3.8) is 0 Å². The van der Waals surface area contributed by atoms with Gasteiger partial charge in [0, 0.05) is 24.2 Å². The number of carbonyl (C=O) groups is 1. The van der Waals surface area contributed by atoms with Gasteiger partial charge in [-0.2, -0.15) is 0 Å². The van der Waals surface area contributed by atoms with Crippen molar-refractivity contribution in [2.45, 2.75) is 32.6 Å². The van der Waals surface area contributed by atoms with Crippen LogP contribution in [0.25, 0.3) is 16.9 Å². The van der Waals surface area contributed by atoms with Crippen LogP contribution in [0.2, 0.25) is 0 Å². The predicted molar refractivity (Wildman–Crippen MR) is 87.3 cm³/mol. The number of nitrogens with zero attached hydrogens (tertiary/aromatic N) is 3. The van der Waals surface area contributed by atoms with Crippen LogP contribution in [0.3, 0.4) is 0 Å². The molecule has 0 radical (unpaired) electrons. The Labute approximate surface area is 129 Å². The first-order chi connectivity index (χ1) is 10.8. The summed E-state index contributed by atoms with van der Waals surface area (Å²) in [7, 11) is 0. The standard InChI is InChI=1S/C18H19N3O/c1-2-3-4-10-17(22)16-13-14-8-5-6-9-15(14)21(16)18-19-11-7-12-20-18/h5-9,11-13H,2-4,10H2,1H3. The quantitative estimate of drug-likeness (QED) is 0.506. The number of para-hydroxylation sites is 1. The van der Waals surface area contributed by atoms with Crippen molar-refractivity contribution in [1.82, 2.24) is 14.5 Å². The van der Waals surface area contributed by atoms with Crippen LogP contribution in [0.1, 0.15) is 43.1 Å². The molecule has 0 aliphatic heterocycles. The second kappa shape index (κ2) is 6.52. The lowest BCUT2D eigenvalue weighted by Crippen LogP contribution is -2.10. The highest BCUT2D eigenvalue weighted by molar-refractivity contribution is 6.00. The number of unbranched alkanes of at least 4 members (excludes halogenated alkanes) is 2. The molecule has 3 rings (SSSR count). The Bertz CT molecular complexity index is 777. The summed E-state index contributed by atoms with van der Waals surface area (Å²) < 4.78 is 1.86. The van der Waals surface area contributed by atoms with E-state index in [0.717, 1.165) is 30.2 Å². The van der Waals surface area contributed by atoms with E-state index in [1.54, 1.807) is 18.5 Å². The monoisotopic (exact) mass is 293 g/mol. The number of rotatable bonds is 6. The molecule has 0 saturated carbocycles. The maximum atomic E-state index is 12.6. The van der Waals surface area contributed by atoms with Crippen LogP contribution in [0.4, 0.5) is 0 Å². The Balaban J connectivity index is 2.07. The van der Waals surface area contributed by atoms with Gasteiger partial charge in [-0.25, -0.2) is 9.97 Å². The fourth-order valence-corrected chi connectivity index (χ4v) is 2.65. The minimum Gasteiger partial charge on any atom is -0.293 e. The summed E-state index contributed by atoms with van der Waals surface area (Å²) in [6, 6.07) is 11.7. The second-order valence-electron chi connectivity index (χ2n) is 5.35. The lowest BCUT2D eigenvalue weighted by Gasteiger charge is -2.08. The average Bonchev–Trinajstić information content (AvgIpc) is 2.95. The van der Waals surface area contributed by atoms with E-state index in [-0.39, 0.29) is 5.78 Å². The number of benzene rings is 1. The van der Waals surface area contributed by atoms with Crippen LogP contribution in [0.5, 0.6) is 0 Å². The van der Waals surface area contributed by atoms with Crippen molar-refractivity contribution in [1.29, 1.82) is 0 Å². The lowest BCUT2D eigenvalue weighted by molar-refractivity contribution is 0.0973. The molecule has 0 aliphatic carbocycles. The van der Waals surface area contributed by atoms with Gasteiger partial charge in [0.05, 0.1) is 11.2 Å². The highest BCUT2D eigenvalue weighted by Crippen LogP contribution is 2.24. The van der Waals surface area contributed by atoms with Gasteiger partial charge in [-0.1, -0.05) is 38.0 Å². The minimum absolute atomic E-state index is 0.150. The fraction of sp³-hybridized carbons (Fsp3) is 0.278. The summed E-state index contributed by atoms with van der Waals surface area (Å²) in [6.45, 7) is 2.14. The largest absolute Gasteiger partial charge is 0.293 e. The van der Waals surface area contributed by atoms with Gasteiger partial charge < -0.3 is 0 Å². The molecule has 0 fully saturated rings. The maximum absolute atomic E-state index is 12.6. The molecule has 2 aromatic heterocycles. The second-order valence-corrected chi connectivity index (χ2v) is 5.35. The summed E-state index contributed by atoms with van der Waals surface area (Å²) in [6.07, 6.45) is 7.07. The van der Waals surface area contributed by atoms with Gasteiger partial charge in [0.15, 0.2) is 5.78 Å². The summed E-state index contributed by atoms with van der Waals surface area (Å²) >= 11 is 0. The number of hydrogen-bond donors (Lipinski definition) is 0. The van der Waals surface area contributed by atoms with Crippen LogP contribution >= 0.6 is 0 Å². The van der Waals surface area contributed by atoms with Crippen molar-refractivity contribution in [2.24, 2.45) is 0 Å². The van der Waals surface area contributed by atoms with Crippen LogP contribution in [0, 0.1) is 0 Å². The number of ketones is 1. The number of fused-ring (bicyclic) bond motifs is 1. The molecule has 0 amide bonds. The van der Waals surface area contributed by atoms with Gasteiger partial charge in [-0.15, -0.1) is 0 Å². The molecule has 4 heteroatoms. The Morgan fingerprint density at radius 2 is 1.86 bits per heavy atom. The predicted octanol–water partition coefficient (Wildman–Crippen LogP) is 4.18. The third-order valence-electron chi connectivity index (χ3n) is 3.76. The zero-order valence-corrected chi connectivity index (χ0v) is 12.7. The Morgan fingerprint density at radius 3 is 2.64 bits per heavy atom. The third kappa shape index (κ3) is 2.77. The highest BCUT2D eigenvalue weighted by atomic mass is 16.1. The molecule has 0 aliphatic rings. The zero-order chi connectivity index (χ0) is 15.4. The molecule has 0 N–H and O–H groups in total. The van der Waals surface area contributed by atoms with Crippen molar-refractivity contribution >= 4 is 16.7 Å². The van der Waals surface area contributed by atoms with E-state index in [0.29, 0.717) is 18.1 Å². The molecule has 0 unspecified atom stereocenters. The first-order valence-corrected chi connectivity index (χ1v) is 7.72. The van der Waals surface area contributed by atoms with E-state index in [1.807, 2.05) is 34.9 Å². The smallest absolute Gasteiger partial charge is 0.234 e. The average molecular weight is 293 g/mol. The van der Waals surface area contributed by atoms with Gasteiger partial charge in [0.1, 0.15) is 0 Å². The molecule has 4 nitrogen and oxygen atoms in total. The minimum atomic E-state index is 0.150. The van der Waals surface area contributed by atoms with E-state index in [2.05, 4.69) is 16.9 Å². The molecule has 0 atom stereocenters. The molecule has 0 spiro atoms. The van der Waals surface area contributed by atoms with Crippen molar-refractivity contribution in [3.05, 3.63) is 54.5 Å². The number of carbonyl (C=O) groups excluding carboxylic acids is 1. The summed E-state index contributed by atoms with van der Waals surface area (Å²) in [5.41, 5.74) is 1.64. The van der Waals surface area contributed by atoms with Crippen LogP contribution in [0.15, 0.2) is 48.8 Å². The van der Waals surface area contributed by atoms with Gasteiger partial charge in [-0.05, 0) is 24.6 Å². The lowest BCUT2D eigenvalue weighted by atomic mass is 10.1. The zero-order valence-electron chi connectivity index (χ0n) is 12.7. The molecular formula is C18H19N3O. The van der Waals surface area contributed by atoms with Crippen molar-refractivity contribution in [3.8, 4) is 5.95 Å². The Hall–Kier alpha value is -2.49. The van der Waals surface area contributed by atoms with Crippen LogP contribution in [-0.2, 0) is 0 Å². The topological polar surface area (TPSA) is 47.8 Å². The molecule has 112 valence electrons. The van der Waals surface area contributed by atoms with Crippen LogP contribution < -0.4 is 0 Å². The first-order valence-electron chi connectivity index (χ1n) is 7.72. The van der Waals surface area contributed by atoms with Gasteiger partial charge in [-0.3, -0.25) is 9.36 Å². The summed E-state index contributed by atoms with van der Waals surface area (Å²) in [5, 5.41) is 1.04. The van der Waals surface area contributed by atoms with Crippen molar-refractivity contribution < 1.29 is 4.79 Å². The van der Waals surface area contributed by atoms with Crippen molar-refractivity contribution in [2.75, 3.05) is 0 Å². The van der Waals surface area contributed by atoms with Gasteiger partial charge >= 0.3 is 0 Å².